The van der Waals surface area contributed by atoms with Crippen molar-refractivity contribution < 1.29 is 18.5 Å². The standard InChI is InChI=1S/C14H9Cl2FO3S/c15-11-3-1-8(5-12(11)16)7-21(20)9-2-4-13(17)10(6-9)14(18)19/h1-6H,7H2,(H,18,19). The first-order chi connectivity index (χ1) is 9.88. The minimum Gasteiger partial charge on any atom is -0.478 e. The summed E-state index contributed by atoms with van der Waals surface area (Å²) < 4.78 is 25.5. The average Bonchev–Trinajstić information content (AvgIpc) is 2.43. The molecule has 0 saturated carbocycles. The van der Waals surface area contributed by atoms with Gasteiger partial charge >= 0.3 is 5.97 Å². The lowest BCUT2D eigenvalue weighted by atomic mass is 10.2. The highest BCUT2D eigenvalue weighted by atomic mass is 35.5. The summed E-state index contributed by atoms with van der Waals surface area (Å²) in [6.07, 6.45) is 0. The molecule has 1 N–H and O–H groups in total. The minimum absolute atomic E-state index is 0.127. The van der Waals surface area contributed by atoms with Crippen LogP contribution in [0.25, 0.3) is 0 Å². The number of carbonyl (C=O) groups is 1. The molecule has 0 fully saturated rings. The van der Waals surface area contributed by atoms with Gasteiger partial charge in [-0.25, -0.2) is 9.18 Å². The Balaban J connectivity index is 2.26. The lowest BCUT2D eigenvalue weighted by Gasteiger charge is -2.06. The van der Waals surface area contributed by atoms with Gasteiger partial charge in [0.1, 0.15) is 5.82 Å². The van der Waals surface area contributed by atoms with Crippen LogP contribution in [0.3, 0.4) is 0 Å². The van der Waals surface area contributed by atoms with Gasteiger partial charge in [-0.05, 0) is 35.9 Å². The summed E-state index contributed by atoms with van der Waals surface area (Å²) in [5, 5.41) is 9.59. The molecule has 21 heavy (non-hydrogen) atoms. The average molecular weight is 347 g/mol. The molecule has 0 aliphatic rings. The van der Waals surface area contributed by atoms with E-state index in [1.807, 2.05) is 0 Å². The van der Waals surface area contributed by atoms with Gasteiger partial charge in [0.2, 0.25) is 0 Å². The Morgan fingerprint density at radius 3 is 2.48 bits per heavy atom. The third-order valence-electron chi connectivity index (χ3n) is 2.71. The van der Waals surface area contributed by atoms with E-state index in [2.05, 4.69) is 0 Å². The number of aromatic carboxylic acids is 1. The molecule has 0 heterocycles. The number of carboxylic acid groups (broad SMARTS) is 1. The molecule has 7 heteroatoms. The van der Waals surface area contributed by atoms with E-state index < -0.39 is 28.1 Å². The molecular formula is C14H9Cl2FO3S. The lowest BCUT2D eigenvalue weighted by molar-refractivity contribution is 0.0691. The molecule has 0 spiro atoms. The fourth-order valence-electron chi connectivity index (χ4n) is 1.67. The largest absolute Gasteiger partial charge is 0.478 e. The van der Waals surface area contributed by atoms with E-state index in [0.717, 1.165) is 12.1 Å². The smallest absolute Gasteiger partial charge is 0.338 e. The molecule has 0 aromatic heterocycles. The molecule has 2 aromatic rings. The van der Waals surface area contributed by atoms with Crippen molar-refractivity contribution in [1.82, 2.24) is 0 Å². The van der Waals surface area contributed by atoms with E-state index in [4.69, 9.17) is 28.3 Å². The van der Waals surface area contributed by atoms with E-state index in [1.54, 1.807) is 18.2 Å². The third kappa shape index (κ3) is 3.81. The van der Waals surface area contributed by atoms with Crippen LogP contribution in [-0.2, 0) is 16.6 Å². The van der Waals surface area contributed by atoms with E-state index in [-0.39, 0.29) is 10.6 Å². The van der Waals surface area contributed by atoms with Crippen LogP contribution in [0.1, 0.15) is 15.9 Å². The van der Waals surface area contributed by atoms with Crippen molar-refractivity contribution in [1.29, 1.82) is 0 Å². The summed E-state index contributed by atoms with van der Waals surface area (Å²) in [6.45, 7) is 0. The summed E-state index contributed by atoms with van der Waals surface area (Å²) >= 11 is 11.7. The van der Waals surface area contributed by atoms with Gasteiger partial charge in [-0.15, -0.1) is 0 Å². The van der Waals surface area contributed by atoms with Crippen LogP contribution in [0.2, 0.25) is 10.0 Å². The van der Waals surface area contributed by atoms with Crippen LogP contribution >= 0.6 is 23.2 Å². The zero-order valence-electron chi connectivity index (χ0n) is 10.5. The molecule has 1 unspecified atom stereocenters. The quantitative estimate of drug-likeness (QED) is 0.904. The Morgan fingerprint density at radius 1 is 1.14 bits per heavy atom. The Morgan fingerprint density at radius 2 is 1.86 bits per heavy atom. The highest BCUT2D eigenvalue weighted by Crippen LogP contribution is 2.24. The fourth-order valence-corrected chi connectivity index (χ4v) is 3.11. The van der Waals surface area contributed by atoms with Crippen LogP contribution in [0, 0.1) is 5.82 Å². The van der Waals surface area contributed by atoms with Crippen molar-refractivity contribution in [2.75, 3.05) is 0 Å². The van der Waals surface area contributed by atoms with E-state index >= 15 is 0 Å². The molecule has 2 rings (SSSR count). The van der Waals surface area contributed by atoms with Gasteiger partial charge in [-0.3, -0.25) is 4.21 Å². The number of hydrogen-bond donors (Lipinski definition) is 1. The molecule has 0 amide bonds. The van der Waals surface area contributed by atoms with Crippen molar-refractivity contribution in [2.45, 2.75) is 10.6 Å². The van der Waals surface area contributed by atoms with Crippen LogP contribution in [0.15, 0.2) is 41.3 Å². The van der Waals surface area contributed by atoms with Gasteiger partial charge in [0.15, 0.2) is 0 Å². The Kier molecular flexibility index (Phi) is 4.98. The van der Waals surface area contributed by atoms with Gasteiger partial charge in [-0.2, -0.15) is 0 Å². The second-order valence-corrected chi connectivity index (χ2v) is 6.45. The number of hydrogen-bond acceptors (Lipinski definition) is 2. The predicted octanol–water partition coefficient (Wildman–Crippen LogP) is 4.14. The van der Waals surface area contributed by atoms with E-state index in [9.17, 15) is 13.4 Å². The first kappa shape index (κ1) is 15.9. The second kappa shape index (κ2) is 6.56. The zero-order valence-corrected chi connectivity index (χ0v) is 12.8. The van der Waals surface area contributed by atoms with Crippen molar-refractivity contribution in [3.8, 4) is 0 Å². The van der Waals surface area contributed by atoms with Crippen LogP contribution < -0.4 is 0 Å². The first-order valence-corrected chi connectivity index (χ1v) is 7.81. The SMILES string of the molecule is O=C(O)c1cc(S(=O)Cc2ccc(Cl)c(Cl)c2)ccc1F. The highest BCUT2D eigenvalue weighted by Gasteiger charge is 2.14. The van der Waals surface area contributed by atoms with E-state index in [1.165, 1.54) is 6.07 Å². The number of rotatable bonds is 4. The number of benzene rings is 2. The summed E-state index contributed by atoms with van der Waals surface area (Å²) in [5.41, 5.74) is 0.180. The molecule has 0 radical (unpaired) electrons. The zero-order chi connectivity index (χ0) is 15.6. The fraction of sp³-hybridized carbons (Fsp3) is 0.0714. The van der Waals surface area contributed by atoms with Gasteiger partial charge in [0.05, 0.1) is 32.2 Å². The van der Waals surface area contributed by atoms with Gasteiger partial charge in [-0.1, -0.05) is 29.3 Å². The van der Waals surface area contributed by atoms with Crippen LogP contribution in [0.4, 0.5) is 4.39 Å². The summed E-state index contributed by atoms with van der Waals surface area (Å²) in [5.74, 6) is -2.14. The summed E-state index contributed by atoms with van der Waals surface area (Å²) in [7, 11) is -1.52. The summed E-state index contributed by atoms with van der Waals surface area (Å²) in [6, 6.07) is 8.22. The predicted molar refractivity (Wildman–Crippen MR) is 79.9 cm³/mol. The third-order valence-corrected chi connectivity index (χ3v) is 4.83. The minimum atomic E-state index is -1.52. The number of carboxylic acids is 1. The Bertz CT molecular complexity index is 734. The van der Waals surface area contributed by atoms with Crippen molar-refractivity contribution in [3.63, 3.8) is 0 Å². The Labute approximate surface area is 132 Å². The maximum atomic E-state index is 13.3. The number of halogens is 3. The topological polar surface area (TPSA) is 54.4 Å². The van der Waals surface area contributed by atoms with Gasteiger partial charge < -0.3 is 5.11 Å². The highest BCUT2D eigenvalue weighted by molar-refractivity contribution is 7.84. The molecule has 3 nitrogen and oxygen atoms in total. The maximum absolute atomic E-state index is 13.3. The lowest BCUT2D eigenvalue weighted by Crippen LogP contribution is -2.04. The molecule has 2 aromatic carbocycles. The molecule has 0 aliphatic carbocycles. The molecule has 0 bridgehead atoms. The molecule has 0 aliphatic heterocycles. The molecular weight excluding hydrogens is 338 g/mol. The van der Waals surface area contributed by atoms with Crippen LogP contribution in [0.5, 0.6) is 0 Å². The van der Waals surface area contributed by atoms with Crippen LogP contribution in [-0.4, -0.2) is 15.3 Å². The maximum Gasteiger partial charge on any atom is 0.338 e. The van der Waals surface area contributed by atoms with E-state index in [0.29, 0.717) is 15.6 Å². The first-order valence-electron chi connectivity index (χ1n) is 5.73. The molecule has 0 saturated heterocycles. The van der Waals surface area contributed by atoms with Crippen molar-refractivity contribution in [2.24, 2.45) is 0 Å². The van der Waals surface area contributed by atoms with Crippen molar-refractivity contribution in [3.05, 3.63) is 63.4 Å². The summed E-state index contributed by atoms with van der Waals surface area (Å²) in [4.78, 5) is 11.1. The molecule has 110 valence electrons. The second-order valence-electron chi connectivity index (χ2n) is 4.19. The van der Waals surface area contributed by atoms with Crippen molar-refractivity contribution >= 4 is 40.0 Å². The van der Waals surface area contributed by atoms with Gasteiger partial charge in [0, 0.05) is 4.90 Å². The normalized spacial score (nSPS) is 12.1. The monoisotopic (exact) mass is 346 g/mol. The molecule has 1 atom stereocenters. The van der Waals surface area contributed by atoms with Gasteiger partial charge in [0.25, 0.3) is 0 Å². The Hall–Kier alpha value is -1.43.